The molecule has 2 aromatic carbocycles. The van der Waals surface area contributed by atoms with Gasteiger partial charge in [0.2, 0.25) is 0 Å². The van der Waals surface area contributed by atoms with E-state index in [4.69, 9.17) is 14.2 Å². The van der Waals surface area contributed by atoms with Gasteiger partial charge < -0.3 is 14.2 Å². The summed E-state index contributed by atoms with van der Waals surface area (Å²) in [7, 11) is 3.18. The van der Waals surface area contributed by atoms with E-state index in [0.29, 0.717) is 17.0 Å². The molecule has 0 saturated carbocycles. The van der Waals surface area contributed by atoms with Crippen molar-refractivity contribution >= 4 is 17.3 Å². The Bertz CT molecular complexity index is 875. The average Bonchev–Trinajstić information content (AvgIpc) is 3.15. The number of ether oxygens (including phenoxy) is 3. The van der Waals surface area contributed by atoms with Crippen molar-refractivity contribution in [1.29, 1.82) is 0 Å². The van der Waals surface area contributed by atoms with Crippen LogP contribution in [-0.4, -0.2) is 25.2 Å². The Morgan fingerprint density at radius 1 is 1.04 bits per heavy atom. The van der Waals surface area contributed by atoms with Crippen molar-refractivity contribution in [3.05, 3.63) is 65.2 Å². The second-order valence-electron chi connectivity index (χ2n) is 5.18. The number of nitrogens with zero attached hydrogens (tertiary/aromatic N) is 1. The summed E-state index contributed by atoms with van der Waals surface area (Å²) in [5, 5.41) is 2.74. The van der Waals surface area contributed by atoms with E-state index >= 15 is 0 Å². The van der Waals surface area contributed by atoms with Crippen LogP contribution in [0.15, 0.2) is 53.9 Å². The molecule has 0 amide bonds. The predicted molar refractivity (Wildman–Crippen MR) is 96.2 cm³/mol. The van der Waals surface area contributed by atoms with E-state index in [9.17, 15) is 4.79 Å². The van der Waals surface area contributed by atoms with Crippen molar-refractivity contribution in [3.8, 4) is 22.1 Å². The predicted octanol–water partition coefficient (Wildman–Crippen LogP) is 4.18. The Balaban J connectivity index is 1.66. The zero-order chi connectivity index (χ0) is 17.6. The number of carbonyl (C=O) groups excluding carboxylic acids is 1. The molecule has 0 aliphatic carbocycles. The van der Waals surface area contributed by atoms with Crippen LogP contribution in [0.5, 0.6) is 11.5 Å². The maximum absolute atomic E-state index is 12.1. The molecule has 0 N–H and O–H groups in total. The summed E-state index contributed by atoms with van der Waals surface area (Å²) < 4.78 is 15.7. The lowest BCUT2D eigenvalue weighted by Crippen LogP contribution is -2.05. The molecule has 0 saturated heterocycles. The van der Waals surface area contributed by atoms with Crippen molar-refractivity contribution in [2.24, 2.45) is 0 Å². The van der Waals surface area contributed by atoms with Gasteiger partial charge in [-0.05, 0) is 30.3 Å². The maximum Gasteiger partial charge on any atom is 0.338 e. The molecule has 0 aliphatic heterocycles. The van der Waals surface area contributed by atoms with E-state index in [1.54, 1.807) is 38.5 Å². The molecule has 6 heteroatoms. The molecule has 3 aromatic rings. The molecule has 1 aromatic heterocycles. The molecule has 128 valence electrons. The van der Waals surface area contributed by atoms with Crippen LogP contribution >= 0.6 is 11.3 Å². The Kier molecular flexibility index (Phi) is 5.30. The lowest BCUT2D eigenvalue weighted by Gasteiger charge is -2.05. The monoisotopic (exact) mass is 355 g/mol. The van der Waals surface area contributed by atoms with E-state index in [1.165, 1.54) is 11.3 Å². The molecule has 0 bridgehead atoms. The SMILES string of the molecule is COc1cccc(C(=O)OCc2csc(-c3cccc(OC)c3)n2)c1. The highest BCUT2D eigenvalue weighted by Gasteiger charge is 2.11. The Morgan fingerprint density at radius 3 is 2.52 bits per heavy atom. The number of hydrogen-bond donors (Lipinski definition) is 0. The molecule has 0 unspecified atom stereocenters. The third-order valence-electron chi connectivity index (χ3n) is 3.53. The number of benzene rings is 2. The number of thiazole rings is 1. The summed E-state index contributed by atoms with van der Waals surface area (Å²) in [6.45, 7) is 0.122. The van der Waals surface area contributed by atoms with E-state index in [-0.39, 0.29) is 6.61 Å². The first-order valence-corrected chi connectivity index (χ1v) is 8.47. The maximum atomic E-state index is 12.1. The summed E-state index contributed by atoms with van der Waals surface area (Å²) >= 11 is 1.50. The highest BCUT2D eigenvalue weighted by Crippen LogP contribution is 2.27. The van der Waals surface area contributed by atoms with Gasteiger partial charge in [-0.1, -0.05) is 18.2 Å². The van der Waals surface area contributed by atoms with Gasteiger partial charge in [0.15, 0.2) is 0 Å². The topological polar surface area (TPSA) is 57.7 Å². The largest absolute Gasteiger partial charge is 0.497 e. The highest BCUT2D eigenvalue weighted by atomic mass is 32.1. The summed E-state index contributed by atoms with van der Waals surface area (Å²) in [5.74, 6) is 0.983. The minimum absolute atomic E-state index is 0.122. The standard InChI is InChI=1S/C19H17NO4S/c1-22-16-7-3-5-13(9-16)18-20-15(12-25-18)11-24-19(21)14-6-4-8-17(10-14)23-2/h3-10,12H,11H2,1-2H3. The van der Waals surface area contributed by atoms with Crippen LogP contribution in [0, 0.1) is 0 Å². The fraction of sp³-hybridized carbons (Fsp3) is 0.158. The highest BCUT2D eigenvalue weighted by molar-refractivity contribution is 7.13. The molecular weight excluding hydrogens is 338 g/mol. The Morgan fingerprint density at radius 2 is 1.76 bits per heavy atom. The second kappa shape index (κ2) is 7.81. The molecule has 0 atom stereocenters. The van der Waals surface area contributed by atoms with E-state index < -0.39 is 5.97 Å². The first-order valence-electron chi connectivity index (χ1n) is 7.59. The number of rotatable bonds is 6. The lowest BCUT2D eigenvalue weighted by atomic mass is 10.2. The van der Waals surface area contributed by atoms with Gasteiger partial charge in [0.1, 0.15) is 23.1 Å². The minimum Gasteiger partial charge on any atom is -0.497 e. The quantitative estimate of drug-likeness (QED) is 0.621. The third kappa shape index (κ3) is 4.16. The Labute approximate surface area is 149 Å². The number of aromatic nitrogens is 1. The number of hydrogen-bond acceptors (Lipinski definition) is 6. The van der Waals surface area contributed by atoms with Gasteiger partial charge in [-0.15, -0.1) is 11.3 Å². The van der Waals surface area contributed by atoms with Crippen LogP contribution in [0.1, 0.15) is 16.1 Å². The van der Waals surface area contributed by atoms with Crippen LogP contribution in [0.4, 0.5) is 0 Å². The molecule has 0 aliphatic rings. The van der Waals surface area contributed by atoms with Crippen molar-refractivity contribution < 1.29 is 19.0 Å². The fourth-order valence-electron chi connectivity index (χ4n) is 2.23. The van der Waals surface area contributed by atoms with Gasteiger partial charge in [-0.2, -0.15) is 0 Å². The van der Waals surface area contributed by atoms with Crippen molar-refractivity contribution in [2.75, 3.05) is 14.2 Å². The number of esters is 1. The molecule has 0 fully saturated rings. The summed E-state index contributed by atoms with van der Waals surface area (Å²) in [6, 6.07) is 14.5. The molecule has 3 rings (SSSR count). The van der Waals surface area contributed by atoms with E-state index in [2.05, 4.69) is 4.98 Å². The van der Waals surface area contributed by atoms with Crippen LogP contribution in [0.2, 0.25) is 0 Å². The van der Waals surface area contributed by atoms with Crippen LogP contribution in [0.3, 0.4) is 0 Å². The van der Waals surface area contributed by atoms with Crippen molar-refractivity contribution in [1.82, 2.24) is 4.98 Å². The van der Waals surface area contributed by atoms with Gasteiger partial charge in [0.25, 0.3) is 0 Å². The smallest absolute Gasteiger partial charge is 0.338 e. The molecular formula is C19H17NO4S. The minimum atomic E-state index is -0.408. The van der Waals surface area contributed by atoms with Crippen molar-refractivity contribution in [2.45, 2.75) is 6.61 Å². The zero-order valence-corrected chi connectivity index (χ0v) is 14.7. The molecule has 0 spiro atoms. The molecule has 5 nitrogen and oxygen atoms in total. The Hall–Kier alpha value is -2.86. The molecule has 1 heterocycles. The van der Waals surface area contributed by atoms with Crippen LogP contribution in [0.25, 0.3) is 10.6 Å². The summed E-state index contributed by atoms with van der Waals surface area (Å²) in [5.41, 5.74) is 2.12. The van der Waals surface area contributed by atoms with Gasteiger partial charge in [-0.25, -0.2) is 9.78 Å². The van der Waals surface area contributed by atoms with E-state index in [1.807, 2.05) is 29.6 Å². The number of carbonyl (C=O) groups is 1. The van der Waals surface area contributed by atoms with Gasteiger partial charge in [0.05, 0.1) is 25.5 Å². The van der Waals surface area contributed by atoms with E-state index in [0.717, 1.165) is 16.3 Å². The van der Waals surface area contributed by atoms with Gasteiger partial charge in [0, 0.05) is 10.9 Å². The van der Waals surface area contributed by atoms with Crippen LogP contribution in [-0.2, 0) is 11.3 Å². The normalized spacial score (nSPS) is 10.3. The van der Waals surface area contributed by atoms with Gasteiger partial charge >= 0.3 is 5.97 Å². The average molecular weight is 355 g/mol. The third-order valence-corrected chi connectivity index (χ3v) is 4.47. The summed E-state index contributed by atoms with van der Waals surface area (Å²) in [4.78, 5) is 16.6. The van der Waals surface area contributed by atoms with Crippen molar-refractivity contribution in [3.63, 3.8) is 0 Å². The fourth-order valence-corrected chi connectivity index (χ4v) is 3.04. The van der Waals surface area contributed by atoms with Gasteiger partial charge in [-0.3, -0.25) is 0 Å². The van der Waals surface area contributed by atoms with Crippen LogP contribution < -0.4 is 9.47 Å². The molecule has 25 heavy (non-hydrogen) atoms. The molecule has 0 radical (unpaired) electrons. The lowest BCUT2D eigenvalue weighted by molar-refractivity contribution is 0.0468. The first-order chi connectivity index (χ1) is 12.2. The zero-order valence-electron chi connectivity index (χ0n) is 13.9. The first kappa shape index (κ1) is 17.0. The summed E-state index contributed by atoms with van der Waals surface area (Å²) in [6.07, 6.45) is 0. The second-order valence-corrected chi connectivity index (χ2v) is 6.04. The number of methoxy groups -OCH3 is 2.